The van der Waals surface area contributed by atoms with Gasteiger partial charge in [0.25, 0.3) is 0 Å². The first-order chi connectivity index (χ1) is 11.8. The van der Waals surface area contributed by atoms with Crippen LogP contribution in [0.2, 0.25) is 0 Å². The van der Waals surface area contributed by atoms with Crippen LogP contribution in [0.4, 0.5) is 0 Å². The Morgan fingerprint density at radius 2 is 1.62 bits per heavy atom. The molecule has 1 heterocycles. The first-order valence-electron chi connectivity index (χ1n) is 7.83. The van der Waals surface area contributed by atoms with Crippen molar-refractivity contribution in [1.29, 1.82) is 0 Å². The van der Waals surface area contributed by atoms with Gasteiger partial charge in [-0.15, -0.1) is 20.4 Å². The minimum atomic E-state index is 0.550. The molecule has 0 spiro atoms. The lowest BCUT2D eigenvalue weighted by molar-refractivity contribution is -0.107. The van der Waals surface area contributed by atoms with E-state index in [9.17, 15) is 4.79 Å². The second kappa shape index (κ2) is 18.8. The van der Waals surface area contributed by atoms with Crippen molar-refractivity contribution in [1.82, 2.24) is 25.7 Å². The first-order valence-corrected chi connectivity index (χ1v) is 7.83. The summed E-state index contributed by atoms with van der Waals surface area (Å²) in [6.07, 6.45) is 3.93. The van der Waals surface area contributed by atoms with Gasteiger partial charge in [0.1, 0.15) is 6.29 Å². The highest BCUT2D eigenvalue weighted by Crippen LogP contribution is 2.13. The Kier molecular flexibility index (Phi) is 18.7. The molecule has 1 aromatic carbocycles. The molecule has 0 atom stereocenters. The molecule has 24 heavy (non-hydrogen) atoms. The van der Waals surface area contributed by atoms with Crippen LogP contribution in [0.5, 0.6) is 0 Å². The molecule has 2 rings (SSSR count). The van der Waals surface area contributed by atoms with E-state index >= 15 is 0 Å². The van der Waals surface area contributed by atoms with Gasteiger partial charge in [0.2, 0.25) is 5.82 Å². The predicted molar refractivity (Wildman–Crippen MR) is 96.5 cm³/mol. The number of nitrogens with two attached hydrogens (primary N) is 2. The summed E-state index contributed by atoms with van der Waals surface area (Å²) in [5.74, 6) is 8.55. The zero-order valence-corrected chi connectivity index (χ0v) is 14.9. The Morgan fingerprint density at radius 1 is 1.08 bits per heavy atom. The molecule has 8 heteroatoms. The number of rotatable bonds is 5. The fourth-order valence-corrected chi connectivity index (χ4v) is 1.41. The molecule has 0 fully saturated rings. The Hall–Kier alpha value is -2.29. The van der Waals surface area contributed by atoms with Crippen molar-refractivity contribution in [2.24, 2.45) is 11.7 Å². The quantitative estimate of drug-likeness (QED) is 0.425. The summed E-state index contributed by atoms with van der Waals surface area (Å²) in [6.45, 7) is 6.83. The number of unbranched alkanes of at least 4 members (excludes halogenated alkanes) is 1. The van der Waals surface area contributed by atoms with E-state index in [4.69, 9.17) is 0 Å². The lowest BCUT2D eigenvalue weighted by Gasteiger charge is -2.01. The highest BCUT2D eigenvalue weighted by atomic mass is 16.1. The fraction of sp³-hybridized carbons (Fsp3) is 0.438. The topological polar surface area (TPSA) is 133 Å². The minimum Gasteiger partial charge on any atom is -0.316 e. The second-order valence-corrected chi connectivity index (χ2v) is 4.05. The van der Waals surface area contributed by atoms with Gasteiger partial charge in [0.15, 0.2) is 6.33 Å². The summed E-state index contributed by atoms with van der Waals surface area (Å²) < 4.78 is 0. The first kappa shape index (κ1) is 24.0. The van der Waals surface area contributed by atoms with E-state index in [1.165, 1.54) is 11.9 Å². The summed E-state index contributed by atoms with van der Waals surface area (Å²) in [5, 5.41) is 18.2. The standard InChI is InChI=1S/C10H11N5.C4H8O.C2H6.H4N2/c1-11-6-8-2-4-9(5-3-8)10-14-12-7-13-15-10;1-2-3-4-5;2*1-2/h2-5,7,11H,6H2,1H3;4H,2-3H2,1H3;1-2H3;1-2H2. The van der Waals surface area contributed by atoms with Gasteiger partial charge >= 0.3 is 0 Å². The molecule has 8 nitrogen and oxygen atoms in total. The number of aromatic nitrogens is 4. The van der Waals surface area contributed by atoms with Crippen LogP contribution in [0.3, 0.4) is 0 Å². The molecule has 0 radical (unpaired) electrons. The normalized spacial score (nSPS) is 8.42. The van der Waals surface area contributed by atoms with Gasteiger partial charge in [0.05, 0.1) is 0 Å². The smallest absolute Gasteiger partial charge is 0.203 e. The maximum absolute atomic E-state index is 9.40. The average Bonchev–Trinajstić information content (AvgIpc) is 2.68. The van der Waals surface area contributed by atoms with Gasteiger partial charge in [-0.1, -0.05) is 45.0 Å². The molecular weight excluding hydrogens is 306 g/mol. The van der Waals surface area contributed by atoms with Crippen molar-refractivity contribution in [2.45, 2.75) is 40.2 Å². The lowest BCUT2D eigenvalue weighted by atomic mass is 10.1. The fourth-order valence-electron chi connectivity index (χ4n) is 1.41. The van der Waals surface area contributed by atoms with Crippen molar-refractivity contribution < 1.29 is 4.79 Å². The van der Waals surface area contributed by atoms with Crippen molar-refractivity contribution in [3.63, 3.8) is 0 Å². The molecule has 0 bridgehead atoms. The molecule has 0 aliphatic rings. The molecule has 0 saturated heterocycles. The van der Waals surface area contributed by atoms with Crippen LogP contribution in [0.1, 0.15) is 39.2 Å². The number of aldehydes is 1. The Morgan fingerprint density at radius 3 is 2.00 bits per heavy atom. The summed E-state index contributed by atoms with van der Waals surface area (Å²) in [4.78, 5) is 9.40. The van der Waals surface area contributed by atoms with Gasteiger partial charge in [-0.2, -0.15) is 0 Å². The molecule has 5 N–H and O–H groups in total. The average molecular weight is 335 g/mol. The predicted octanol–water partition coefficient (Wildman–Crippen LogP) is 1.48. The molecule has 2 aromatic rings. The van der Waals surface area contributed by atoms with E-state index in [1.807, 2.05) is 52.1 Å². The monoisotopic (exact) mass is 335 g/mol. The van der Waals surface area contributed by atoms with Crippen molar-refractivity contribution in [3.05, 3.63) is 36.2 Å². The number of carbonyl (C=O) groups excluding carboxylic acids is 1. The van der Waals surface area contributed by atoms with Crippen LogP contribution in [-0.4, -0.2) is 33.7 Å². The maximum atomic E-state index is 9.40. The van der Waals surface area contributed by atoms with E-state index < -0.39 is 0 Å². The van der Waals surface area contributed by atoms with Gasteiger partial charge in [-0.25, -0.2) is 0 Å². The third kappa shape index (κ3) is 11.3. The van der Waals surface area contributed by atoms with Crippen molar-refractivity contribution in [3.8, 4) is 11.4 Å². The molecule has 0 aliphatic heterocycles. The number of hydrogen-bond donors (Lipinski definition) is 3. The van der Waals surface area contributed by atoms with Crippen LogP contribution in [0.25, 0.3) is 11.4 Å². The van der Waals surface area contributed by atoms with E-state index in [1.54, 1.807) is 0 Å². The molecule has 0 aliphatic carbocycles. The zero-order valence-electron chi connectivity index (χ0n) is 14.9. The summed E-state index contributed by atoms with van der Waals surface area (Å²) in [7, 11) is 1.92. The van der Waals surface area contributed by atoms with E-state index in [-0.39, 0.29) is 0 Å². The number of hydrazine groups is 1. The van der Waals surface area contributed by atoms with E-state index in [2.05, 4.69) is 37.4 Å². The summed E-state index contributed by atoms with van der Waals surface area (Å²) in [6, 6.07) is 7.99. The third-order valence-corrected chi connectivity index (χ3v) is 2.41. The molecule has 1 aromatic heterocycles. The molecule has 0 amide bonds. The largest absolute Gasteiger partial charge is 0.316 e. The Bertz CT molecular complexity index is 492. The Labute approximate surface area is 144 Å². The molecule has 134 valence electrons. The van der Waals surface area contributed by atoms with E-state index in [0.717, 1.165) is 24.8 Å². The SMILES string of the molecule is CC.CCCC=O.CNCc1ccc(-c2nncnn2)cc1.NN. The number of nitrogens with zero attached hydrogens (tertiary/aromatic N) is 4. The maximum Gasteiger partial charge on any atom is 0.203 e. The second-order valence-electron chi connectivity index (χ2n) is 4.05. The van der Waals surface area contributed by atoms with Crippen LogP contribution in [0, 0.1) is 0 Å². The van der Waals surface area contributed by atoms with Gasteiger partial charge < -0.3 is 10.1 Å². The molecular formula is C16H29N7O. The highest BCUT2D eigenvalue weighted by molar-refractivity contribution is 5.53. The summed E-state index contributed by atoms with van der Waals surface area (Å²) >= 11 is 0. The number of hydrogen-bond acceptors (Lipinski definition) is 8. The van der Waals surface area contributed by atoms with Gasteiger partial charge in [0, 0.05) is 18.5 Å². The summed E-state index contributed by atoms with van der Waals surface area (Å²) in [5.41, 5.74) is 2.15. The van der Waals surface area contributed by atoms with Crippen LogP contribution >= 0.6 is 0 Å². The lowest BCUT2D eigenvalue weighted by Crippen LogP contribution is -2.04. The van der Waals surface area contributed by atoms with Gasteiger partial charge in [-0.05, 0) is 19.0 Å². The number of benzene rings is 1. The third-order valence-electron chi connectivity index (χ3n) is 2.41. The van der Waals surface area contributed by atoms with E-state index in [0.29, 0.717) is 12.2 Å². The molecule has 0 unspecified atom stereocenters. The van der Waals surface area contributed by atoms with Crippen LogP contribution < -0.4 is 17.0 Å². The minimum absolute atomic E-state index is 0.550. The van der Waals surface area contributed by atoms with Crippen LogP contribution in [-0.2, 0) is 11.3 Å². The number of nitrogens with one attached hydrogen (secondary N) is 1. The van der Waals surface area contributed by atoms with Crippen LogP contribution in [0.15, 0.2) is 30.6 Å². The Balaban J connectivity index is 0. The van der Waals surface area contributed by atoms with Crippen molar-refractivity contribution >= 4 is 6.29 Å². The zero-order chi connectivity index (χ0) is 18.6. The highest BCUT2D eigenvalue weighted by Gasteiger charge is 2.00. The van der Waals surface area contributed by atoms with Crippen molar-refractivity contribution in [2.75, 3.05) is 7.05 Å². The molecule has 0 saturated carbocycles. The number of carbonyl (C=O) groups is 1. The van der Waals surface area contributed by atoms with Gasteiger partial charge in [-0.3, -0.25) is 11.7 Å².